The molecule has 2 rings (SSSR count). The molecule has 1 aromatic heterocycles. The van der Waals surface area contributed by atoms with Crippen molar-refractivity contribution in [2.45, 2.75) is 26.7 Å². The second-order valence-corrected chi connectivity index (χ2v) is 4.46. The van der Waals surface area contributed by atoms with Crippen molar-refractivity contribution in [2.24, 2.45) is 0 Å². The van der Waals surface area contributed by atoms with Gasteiger partial charge in [-0.05, 0) is 30.5 Å². The molecule has 0 saturated carbocycles. The van der Waals surface area contributed by atoms with Crippen LogP contribution in [0.4, 0.5) is 0 Å². The van der Waals surface area contributed by atoms with Crippen molar-refractivity contribution in [3.8, 4) is 5.69 Å². The first-order valence-electron chi connectivity index (χ1n) is 5.74. The van der Waals surface area contributed by atoms with Gasteiger partial charge in [-0.3, -0.25) is 4.79 Å². The van der Waals surface area contributed by atoms with Gasteiger partial charge in [0.15, 0.2) is 6.29 Å². The second-order valence-electron chi connectivity index (χ2n) is 4.46. The van der Waals surface area contributed by atoms with E-state index in [1.165, 1.54) is 0 Å². The van der Waals surface area contributed by atoms with Gasteiger partial charge in [-0.25, -0.2) is 4.68 Å². The quantitative estimate of drug-likeness (QED) is 0.756. The number of aldehydes is 1. The van der Waals surface area contributed by atoms with E-state index in [4.69, 9.17) is 0 Å². The van der Waals surface area contributed by atoms with Gasteiger partial charge in [-0.2, -0.15) is 5.10 Å². The first kappa shape index (κ1) is 11.6. The molecule has 0 N–H and O–H groups in total. The average molecular weight is 228 g/mol. The number of rotatable bonds is 3. The van der Waals surface area contributed by atoms with E-state index in [-0.39, 0.29) is 0 Å². The molecule has 0 unspecified atom stereocenters. The van der Waals surface area contributed by atoms with Gasteiger partial charge >= 0.3 is 0 Å². The fourth-order valence-corrected chi connectivity index (χ4v) is 1.88. The molecule has 17 heavy (non-hydrogen) atoms. The van der Waals surface area contributed by atoms with Crippen LogP contribution in [0.3, 0.4) is 0 Å². The maximum atomic E-state index is 10.8. The summed E-state index contributed by atoms with van der Waals surface area (Å²) in [6, 6.07) is 9.89. The van der Waals surface area contributed by atoms with Crippen LogP contribution in [-0.2, 0) is 0 Å². The van der Waals surface area contributed by atoms with Gasteiger partial charge < -0.3 is 0 Å². The largest absolute Gasteiger partial charge is 0.296 e. The molecule has 0 aliphatic rings. The Bertz CT molecular complexity index is 541. The van der Waals surface area contributed by atoms with Crippen molar-refractivity contribution in [3.05, 3.63) is 47.3 Å². The van der Waals surface area contributed by atoms with E-state index in [2.05, 4.69) is 18.9 Å². The molecule has 3 nitrogen and oxygen atoms in total. The van der Waals surface area contributed by atoms with E-state index in [0.717, 1.165) is 23.2 Å². The SMILES string of the molecule is Cc1ccccc1-n1nc(C=O)cc1C(C)C. The maximum Gasteiger partial charge on any atom is 0.170 e. The summed E-state index contributed by atoms with van der Waals surface area (Å²) < 4.78 is 1.86. The molecule has 1 heterocycles. The van der Waals surface area contributed by atoms with E-state index in [0.29, 0.717) is 11.6 Å². The molecule has 0 aliphatic heterocycles. The molecule has 2 aromatic rings. The zero-order valence-corrected chi connectivity index (χ0v) is 10.3. The number of carbonyl (C=O) groups is 1. The molecule has 3 heteroatoms. The highest BCUT2D eigenvalue weighted by Gasteiger charge is 2.13. The Kier molecular flexibility index (Phi) is 3.09. The Labute approximate surface area is 101 Å². The molecular weight excluding hydrogens is 212 g/mol. The topological polar surface area (TPSA) is 34.9 Å². The molecule has 0 bridgehead atoms. The smallest absolute Gasteiger partial charge is 0.170 e. The molecule has 88 valence electrons. The van der Waals surface area contributed by atoms with E-state index >= 15 is 0 Å². The highest BCUT2D eigenvalue weighted by Crippen LogP contribution is 2.21. The molecule has 1 aromatic carbocycles. The Hall–Kier alpha value is -1.90. The zero-order chi connectivity index (χ0) is 12.4. The third-order valence-corrected chi connectivity index (χ3v) is 2.81. The fourth-order valence-electron chi connectivity index (χ4n) is 1.88. The average Bonchev–Trinajstić information content (AvgIpc) is 2.73. The first-order chi connectivity index (χ1) is 8.13. The maximum absolute atomic E-state index is 10.8. The lowest BCUT2D eigenvalue weighted by Gasteiger charge is -2.11. The van der Waals surface area contributed by atoms with E-state index in [1.54, 1.807) is 0 Å². The number of aromatic nitrogens is 2. The summed E-state index contributed by atoms with van der Waals surface area (Å²) in [5.41, 5.74) is 3.72. The molecule has 0 saturated heterocycles. The summed E-state index contributed by atoms with van der Waals surface area (Å²) in [7, 11) is 0. The summed E-state index contributed by atoms with van der Waals surface area (Å²) in [5.74, 6) is 0.329. The van der Waals surface area contributed by atoms with Gasteiger partial charge in [0.05, 0.1) is 5.69 Å². The van der Waals surface area contributed by atoms with Crippen molar-refractivity contribution in [3.63, 3.8) is 0 Å². The van der Waals surface area contributed by atoms with Gasteiger partial charge in [-0.15, -0.1) is 0 Å². The Morgan fingerprint density at radius 2 is 2.00 bits per heavy atom. The molecule has 0 aliphatic carbocycles. The predicted octanol–water partition coefficient (Wildman–Crippen LogP) is 3.12. The van der Waals surface area contributed by atoms with Crippen LogP contribution in [0, 0.1) is 6.92 Å². The zero-order valence-electron chi connectivity index (χ0n) is 10.3. The molecule has 0 atom stereocenters. The summed E-state index contributed by atoms with van der Waals surface area (Å²) >= 11 is 0. The van der Waals surface area contributed by atoms with Crippen LogP contribution in [0.15, 0.2) is 30.3 Å². The van der Waals surface area contributed by atoms with E-state index < -0.39 is 0 Å². The minimum atomic E-state index is 0.329. The van der Waals surface area contributed by atoms with Crippen molar-refractivity contribution in [1.82, 2.24) is 9.78 Å². The number of para-hydroxylation sites is 1. The number of aryl methyl sites for hydroxylation is 1. The summed E-state index contributed by atoms with van der Waals surface area (Å²) in [6.45, 7) is 6.24. The summed E-state index contributed by atoms with van der Waals surface area (Å²) in [6.07, 6.45) is 0.792. The van der Waals surface area contributed by atoms with Gasteiger partial charge in [0.2, 0.25) is 0 Å². The normalized spacial score (nSPS) is 10.8. The van der Waals surface area contributed by atoms with Crippen LogP contribution in [0.25, 0.3) is 5.69 Å². The summed E-state index contributed by atoms with van der Waals surface area (Å²) in [4.78, 5) is 10.8. The predicted molar refractivity (Wildman–Crippen MR) is 67.8 cm³/mol. The third-order valence-electron chi connectivity index (χ3n) is 2.81. The highest BCUT2D eigenvalue weighted by atomic mass is 16.1. The van der Waals surface area contributed by atoms with E-state index in [9.17, 15) is 4.79 Å². The molecule has 0 fully saturated rings. The molecule has 0 radical (unpaired) electrons. The van der Waals surface area contributed by atoms with Gasteiger partial charge in [0.25, 0.3) is 0 Å². The van der Waals surface area contributed by atoms with Crippen LogP contribution in [0.5, 0.6) is 0 Å². The minimum Gasteiger partial charge on any atom is -0.296 e. The standard InChI is InChI=1S/C14H16N2O/c1-10(2)14-8-12(9-17)15-16(14)13-7-5-4-6-11(13)3/h4-10H,1-3H3. The number of carbonyl (C=O) groups excluding carboxylic acids is 1. The van der Waals surface area contributed by atoms with Gasteiger partial charge in [0, 0.05) is 5.69 Å². The first-order valence-corrected chi connectivity index (χ1v) is 5.74. The van der Waals surface area contributed by atoms with Gasteiger partial charge in [0.1, 0.15) is 5.69 Å². The van der Waals surface area contributed by atoms with Crippen LogP contribution >= 0.6 is 0 Å². The molecule has 0 amide bonds. The van der Waals surface area contributed by atoms with E-state index in [1.807, 2.05) is 41.9 Å². The van der Waals surface area contributed by atoms with Crippen LogP contribution in [0.2, 0.25) is 0 Å². The van der Waals surface area contributed by atoms with Crippen LogP contribution in [0.1, 0.15) is 41.5 Å². The Balaban J connectivity index is 2.62. The van der Waals surface area contributed by atoms with Crippen molar-refractivity contribution >= 4 is 6.29 Å². The number of benzene rings is 1. The lowest BCUT2D eigenvalue weighted by atomic mass is 10.1. The van der Waals surface area contributed by atoms with Crippen molar-refractivity contribution in [2.75, 3.05) is 0 Å². The van der Waals surface area contributed by atoms with Crippen LogP contribution < -0.4 is 0 Å². The third kappa shape index (κ3) is 2.13. The lowest BCUT2D eigenvalue weighted by molar-refractivity contribution is 0.111. The van der Waals surface area contributed by atoms with Gasteiger partial charge in [-0.1, -0.05) is 32.0 Å². The number of hydrogen-bond donors (Lipinski definition) is 0. The fraction of sp³-hybridized carbons (Fsp3) is 0.286. The summed E-state index contributed by atoms with van der Waals surface area (Å²) in [5, 5.41) is 4.33. The Morgan fingerprint density at radius 3 is 2.59 bits per heavy atom. The second kappa shape index (κ2) is 4.53. The lowest BCUT2D eigenvalue weighted by Crippen LogP contribution is -2.05. The monoisotopic (exact) mass is 228 g/mol. The highest BCUT2D eigenvalue weighted by molar-refractivity contribution is 5.72. The van der Waals surface area contributed by atoms with Crippen molar-refractivity contribution < 1.29 is 4.79 Å². The minimum absolute atomic E-state index is 0.329. The molecular formula is C14H16N2O. The number of nitrogens with zero attached hydrogens (tertiary/aromatic N) is 2. The van der Waals surface area contributed by atoms with Crippen LogP contribution in [-0.4, -0.2) is 16.1 Å². The molecule has 0 spiro atoms. The Morgan fingerprint density at radius 1 is 1.29 bits per heavy atom. The van der Waals surface area contributed by atoms with Crippen molar-refractivity contribution in [1.29, 1.82) is 0 Å². The number of hydrogen-bond acceptors (Lipinski definition) is 2.